The maximum atomic E-state index is 14.5. The third kappa shape index (κ3) is 5.23. The van der Waals surface area contributed by atoms with Crippen LogP contribution in [0.4, 0.5) is 0 Å². The molecule has 2 bridgehead atoms. The fraction of sp³-hybridized carbons (Fsp3) is 0.424. The highest BCUT2D eigenvalue weighted by Gasteiger charge is 2.77. The standard InChI is InChI=1S/C33H38BrN3O5/c1-4-16-35(19-23-12-8-6-9-13-23)30(39)26-27-31(40)37(22(3)21-38)29(33(27)18-25(34)28(26)42-33)32(41)36(17-5-2)20-24-14-10-7-11-15-24/h4-15,22,25-29,38H,1-2,16-21H2,3H3/t22-,25?,26+,27+,28+,29?,33?/m1/s1. The summed E-state index contributed by atoms with van der Waals surface area (Å²) in [7, 11) is 0. The van der Waals surface area contributed by atoms with Crippen LogP contribution in [0.1, 0.15) is 24.5 Å². The van der Waals surface area contributed by atoms with Crippen LogP contribution in [-0.2, 0) is 32.2 Å². The molecule has 3 amide bonds. The predicted octanol–water partition coefficient (Wildman–Crippen LogP) is 3.54. The molecule has 3 aliphatic heterocycles. The summed E-state index contributed by atoms with van der Waals surface area (Å²) in [6.45, 7) is 10.4. The summed E-state index contributed by atoms with van der Waals surface area (Å²) in [5, 5.41) is 10.2. The van der Waals surface area contributed by atoms with Crippen LogP contribution < -0.4 is 0 Å². The molecule has 7 atom stereocenters. The molecule has 0 aliphatic carbocycles. The van der Waals surface area contributed by atoms with Crippen LogP contribution in [0, 0.1) is 11.8 Å². The van der Waals surface area contributed by atoms with Crippen LogP contribution in [-0.4, -0.2) is 85.8 Å². The average molecular weight is 637 g/mol. The number of amides is 3. The monoisotopic (exact) mass is 635 g/mol. The normalized spacial score (nSPS) is 28.3. The second-order valence-electron chi connectivity index (χ2n) is 11.4. The van der Waals surface area contributed by atoms with E-state index in [1.165, 1.54) is 4.90 Å². The third-order valence-corrected chi connectivity index (χ3v) is 9.58. The van der Waals surface area contributed by atoms with Gasteiger partial charge in [-0.2, -0.15) is 0 Å². The average Bonchev–Trinajstić information content (AvgIpc) is 3.60. The number of nitrogens with zero attached hydrogens (tertiary/aromatic N) is 3. The van der Waals surface area contributed by atoms with Crippen molar-refractivity contribution in [3.63, 3.8) is 0 Å². The molecule has 8 nitrogen and oxygen atoms in total. The highest BCUT2D eigenvalue weighted by Crippen LogP contribution is 2.60. The Morgan fingerprint density at radius 1 is 1.02 bits per heavy atom. The first-order valence-electron chi connectivity index (χ1n) is 14.4. The maximum Gasteiger partial charge on any atom is 0.249 e. The SMILES string of the molecule is C=CCN(Cc1ccccc1)C(=O)C1N([C@H](C)CO)C(=O)[C@@H]2[C@H](C(=O)N(CC=C)Cc3ccccc3)[C@H]3OC12CC3Br. The number of benzene rings is 2. The van der Waals surface area contributed by atoms with Gasteiger partial charge in [-0.25, -0.2) is 0 Å². The van der Waals surface area contributed by atoms with Gasteiger partial charge in [0.25, 0.3) is 0 Å². The van der Waals surface area contributed by atoms with E-state index >= 15 is 0 Å². The molecule has 1 N–H and O–H groups in total. The molecule has 0 aromatic heterocycles. The van der Waals surface area contributed by atoms with Gasteiger partial charge in [0.15, 0.2) is 0 Å². The van der Waals surface area contributed by atoms with Crippen molar-refractivity contribution >= 4 is 33.7 Å². The van der Waals surface area contributed by atoms with Crippen molar-refractivity contribution in [2.75, 3.05) is 19.7 Å². The largest absolute Gasteiger partial charge is 0.394 e. The summed E-state index contributed by atoms with van der Waals surface area (Å²) >= 11 is 3.75. The molecular formula is C33H38BrN3O5. The number of likely N-dealkylation sites (tertiary alicyclic amines) is 1. The number of aliphatic hydroxyl groups excluding tert-OH is 1. The second-order valence-corrected chi connectivity index (χ2v) is 12.6. The van der Waals surface area contributed by atoms with Gasteiger partial charge in [-0.15, -0.1) is 13.2 Å². The number of hydrogen-bond donors (Lipinski definition) is 1. The Kier molecular flexibility index (Phi) is 9.01. The van der Waals surface area contributed by atoms with E-state index in [1.807, 2.05) is 60.7 Å². The van der Waals surface area contributed by atoms with Crippen molar-refractivity contribution in [3.8, 4) is 0 Å². The minimum Gasteiger partial charge on any atom is -0.394 e. The van der Waals surface area contributed by atoms with Gasteiger partial charge in [0.2, 0.25) is 17.7 Å². The van der Waals surface area contributed by atoms with E-state index in [1.54, 1.807) is 28.9 Å². The van der Waals surface area contributed by atoms with Crippen LogP contribution >= 0.6 is 15.9 Å². The van der Waals surface area contributed by atoms with Crippen molar-refractivity contribution in [1.29, 1.82) is 0 Å². The van der Waals surface area contributed by atoms with Gasteiger partial charge < -0.3 is 24.5 Å². The number of carbonyl (C=O) groups is 3. The number of aliphatic hydroxyl groups is 1. The first-order valence-corrected chi connectivity index (χ1v) is 15.3. The van der Waals surface area contributed by atoms with E-state index in [0.29, 0.717) is 26.1 Å². The van der Waals surface area contributed by atoms with Crippen LogP contribution in [0.5, 0.6) is 0 Å². The summed E-state index contributed by atoms with van der Waals surface area (Å²) in [4.78, 5) is 47.8. The number of ether oxygens (including phenoxy) is 1. The number of rotatable bonds is 12. The Balaban J connectivity index is 1.53. The first kappa shape index (κ1) is 30.2. The smallest absolute Gasteiger partial charge is 0.249 e. The molecule has 9 heteroatoms. The molecule has 0 radical (unpaired) electrons. The van der Waals surface area contributed by atoms with Gasteiger partial charge in [-0.05, 0) is 24.5 Å². The number of fused-ring (bicyclic) bond motifs is 1. The van der Waals surface area contributed by atoms with Gasteiger partial charge in [-0.1, -0.05) is 88.7 Å². The van der Waals surface area contributed by atoms with Crippen molar-refractivity contribution in [3.05, 3.63) is 97.1 Å². The lowest BCUT2D eigenvalue weighted by molar-refractivity contribution is -0.151. The third-order valence-electron chi connectivity index (χ3n) is 8.74. The fourth-order valence-corrected chi connectivity index (χ4v) is 7.90. The van der Waals surface area contributed by atoms with Crippen molar-refractivity contribution in [2.45, 2.75) is 55.0 Å². The van der Waals surface area contributed by atoms with Crippen molar-refractivity contribution < 1.29 is 24.2 Å². The molecule has 42 heavy (non-hydrogen) atoms. The Bertz CT molecular complexity index is 1320. The quantitative estimate of drug-likeness (QED) is 0.285. The molecular weight excluding hydrogens is 598 g/mol. The molecule has 3 heterocycles. The lowest BCUT2D eigenvalue weighted by Gasteiger charge is -2.38. The molecule has 2 aromatic carbocycles. The van der Waals surface area contributed by atoms with E-state index in [2.05, 4.69) is 29.1 Å². The molecule has 3 saturated heterocycles. The van der Waals surface area contributed by atoms with Crippen LogP contribution in [0.15, 0.2) is 86.0 Å². The minimum atomic E-state index is -1.21. The molecule has 5 rings (SSSR count). The van der Waals surface area contributed by atoms with Crippen LogP contribution in [0.3, 0.4) is 0 Å². The summed E-state index contributed by atoms with van der Waals surface area (Å²) in [6.07, 6.45) is 3.17. The fourth-order valence-electron chi connectivity index (χ4n) is 6.96. The molecule has 1 spiro atoms. The molecule has 222 valence electrons. The maximum absolute atomic E-state index is 14.5. The molecule has 3 fully saturated rings. The van der Waals surface area contributed by atoms with Gasteiger partial charge in [0.05, 0.1) is 30.6 Å². The summed E-state index contributed by atoms with van der Waals surface area (Å²) < 4.78 is 6.68. The van der Waals surface area contributed by atoms with E-state index in [9.17, 15) is 19.5 Å². The Morgan fingerprint density at radius 2 is 1.55 bits per heavy atom. The topological polar surface area (TPSA) is 90.4 Å². The van der Waals surface area contributed by atoms with E-state index in [-0.39, 0.29) is 35.7 Å². The zero-order chi connectivity index (χ0) is 30.0. The number of halogens is 1. The van der Waals surface area contributed by atoms with Gasteiger partial charge in [0, 0.05) is 31.0 Å². The van der Waals surface area contributed by atoms with Crippen LogP contribution in [0.2, 0.25) is 0 Å². The van der Waals surface area contributed by atoms with E-state index in [4.69, 9.17) is 4.74 Å². The molecule has 0 saturated carbocycles. The Hall–Kier alpha value is -3.27. The lowest BCUT2D eigenvalue weighted by atomic mass is 9.70. The molecule has 3 aliphatic rings. The van der Waals surface area contributed by atoms with Gasteiger partial charge >= 0.3 is 0 Å². The molecule has 2 aromatic rings. The highest BCUT2D eigenvalue weighted by molar-refractivity contribution is 9.09. The Morgan fingerprint density at radius 3 is 2.05 bits per heavy atom. The summed E-state index contributed by atoms with van der Waals surface area (Å²) in [6, 6.07) is 17.7. The minimum absolute atomic E-state index is 0.204. The number of hydrogen-bond acceptors (Lipinski definition) is 5. The lowest BCUT2D eigenvalue weighted by Crippen LogP contribution is -2.58. The van der Waals surface area contributed by atoms with E-state index in [0.717, 1.165) is 11.1 Å². The zero-order valence-electron chi connectivity index (χ0n) is 23.8. The highest BCUT2D eigenvalue weighted by atomic mass is 79.9. The number of alkyl halides is 1. The Labute approximate surface area is 255 Å². The van der Waals surface area contributed by atoms with Gasteiger partial charge in [-0.3, -0.25) is 14.4 Å². The van der Waals surface area contributed by atoms with Crippen molar-refractivity contribution in [1.82, 2.24) is 14.7 Å². The molecule has 3 unspecified atom stereocenters. The van der Waals surface area contributed by atoms with Crippen molar-refractivity contribution in [2.24, 2.45) is 11.8 Å². The van der Waals surface area contributed by atoms with Crippen LogP contribution in [0.25, 0.3) is 0 Å². The first-order chi connectivity index (χ1) is 20.3. The second kappa shape index (κ2) is 12.5. The summed E-state index contributed by atoms with van der Waals surface area (Å²) in [5.41, 5.74) is 0.695. The zero-order valence-corrected chi connectivity index (χ0v) is 25.4. The number of carbonyl (C=O) groups excluding carboxylic acids is 3. The predicted molar refractivity (Wildman–Crippen MR) is 163 cm³/mol. The van der Waals surface area contributed by atoms with E-state index < -0.39 is 35.6 Å². The summed E-state index contributed by atoms with van der Waals surface area (Å²) in [5.74, 6) is -2.45. The van der Waals surface area contributed by atoms with Gasteiger partial charge in [0.1, 0.15) is 11.6 Å².